The zero-order valence-electron chi connectivity index (χ0n) is 13.7. The van der Waals surface area contributed by atoms with Crippen molar-refractivity contribution in [2.75, 3.05) is 6.54 Å². The van der Waals surface area contributed by atoms with Crippen LogP contribution in [0, 0.1) is 17.4 Å². The van der Waals surface area contributed by atoms with Crippen LogP contribution >= 0.6 is 22.6 Å². The summed E-state index contributed by atoms with van der Waals surface area (Å²) < 4.78 is 1.26. The SMILES string of the molecule is Cc1ccc(C)c2c(CCCCN)c(-c3cccc(I)c3)[nH]c12. The van der Waals surface area contributed by atoms with Gasteiger partial charge in [0.2, 0.25) is 0 Å². The van der Waals surface area contributed by atoms with Crippen molar-refractivity contribution in [1.82, 2.24) is 4.98 Å². The second kappa shape index (κ2) is 7.05. The van der Waals surface area contributed by atoms with Gasteiger partial charge in [0.05, 0.1) is 0 Å². The Morgan fingerprint density at radius 2 is 1.83 bits per heavy atom. The molecule has 3 aromatic rings. The Morgan fingerprint density at radius 1 is 1.04 bits per heavy atom. The van der Waals surface area contributed by atoms with Gasteiger partial charge < -0.3 is 10.7 Å². The van der Waals surface area contributed by atoms with E-state index in [4.69, 9.17) is 5.73 Å². The van der Waals surface area contributed by atoms with Crippen molar-refractivity contribution in [2.45, 2.75) is 33.1 Å². The first-order valence-electron chi connectivity index (χ1n) is 8.18. The number of benzene rings is 2. The Bertz CT molecular complexity index is 833. The number of nitrogens with one attached hydrogen (secondary N) is 1. The summed E-state index contributed by atoms with van der Waals surface area (Å²) in [6, 6.07) is 13.2. The fourth-order valence-corrected chi connectivity index (χ4v) is 3.82. The number of nitrogens with two attached hydrogens (primary N) is 1. The van der Waals surface area contributed by atoms with Crippen LogP contribution in [-0.2, 0) is 6.42 Å². The number of H-pyrrole nitrogens is 1. The first-order valence-corrected chi connectivity index (χ1v) is 9.26. The van der Waals surface area contributed by atoms with Crippen LogP contribution in [0.25, 0.3) is 22.2 Å². The van der Waals surface area contributed by atoms with E-state index in [0.29, 0.717) is 0 Å². The molecule has 0 aliphatic carbocycles. The van der Waals surface area contributed by atoms with E-state index in [0.717, 1.165) is 25.8 Å². The molecule has 0 amide bonds. The Kier molecular flexibility index (Phi) is 5.07. The third-order valence-corrected chi connectivity index (χ3v) is 5.14. The Balaban J connectivity index is 2.21. The first-order chi connectivity index (χ1) is 11.1. The highest BCUT2D eigenvalue weighted by molar-refractivity contribution is 14.1. The second-order valence-corrected chi connectivity index (χ2v) is 7.43. The molecule has 0 aliphatic heterocycles. The zero-order valence-corrected chi connectivity index (χ0v) is 15.9. The molecule has 0 saturated carbocycles. The number of halogens is 1. The van der Waals surface area contributed by atoms with Gasteiger partial charge in [-0.3, -0.25) is 0 Å². The number of aromatic nitrogens is 1. The van der Waals surface area contributed by atoms with Crippen LogP contribution in [0.3, 0.4) is 0 Å². The largest absolute Gasteiger partial charge is 0.354 e. The molecule has 120 valence electrons. The van der Waals surface area contributed by atoms with Crippen LogP contribution in [0.15, 0.2) is 36.4 Å². The first kappa shape index (κ1) is 16.5. The quantitative estimate of drug-likeness (QED) is 0.427. The molecule has 3 rings (SSSR count). The molecule has 1 aromatic heterocycles. The molecule has 0 spiro atoms. The molecule has 0 unspecified atom stereocenters. The molecule has 3 N–H and O–H groups in total. The van der Waals surface area contributed by atoms with Crippen LogP contribution in [-0.4, -0.2) is 11.5 Å². The third kappa shape index (κ3) is 3.31. The van der Waals surface area contributed by atoms with Gasteiger partial charge in [0.15, 0.2) is 0 Å². The maximum Gasteiger partial charge on any atom is 0.0497 e. The van der Waals surface area contributed by atoms with Gasteiger partial charge in [-0.1, -0.05) is 24.3 Å². The average Bonchev–Trinajstić information content (AvgIpc) is 2.92. The van der Waals surface area contributed by atoms with E-state index in [-0.39, 0.29) is 0 Å². The number of hydrogen-bond donors (Lipinski definition) is 2. The molecule has 1 heterocycles. The molecule has 0 atom stereocenters. The number of unbranched alkanes of at least 4 members (excludes halogenated alkanes) is 1. The predicted octanol–water partition coefficient (Wildman–Crippen LogP) is 5.34. The zero-order chi connectivity index (χ0) is 16.4. The average molecular weight is 418 g/mol. The minimum absolute atomic E-state index is 0.763. The van der Waals surface area contributed by atoms with Gasteiger partial charge in [0.1, 0.15) is 0 Å². The Morgan fingerprint density at radius 3 is 2.57 bits per heavy atom. The van der Waals surface area contributed by atoms with Gasteiger partial charge in [-0.25, -0.2) is 0 Å². The highest BCUT2D eigenvalue weighted by Crippen LogP contribution is 2.35. The lowest BCUT2D eigenvalue weighted by Gasteiger charge is -2.07. The molecule has 23 heavy (non-hydrogen) atoms. The van der Waals surface area contributed by atoms with Gasteiger partial charge in [0.25, 0.3) is 0 Å². The van der Waals surface area contributed by atoms with Crippen molar-refractivity contribution in [1.29, 1.82) is 0 Å². The molecule has 0 radical (unpaired) electrons. The summed E-state index contributed by atoms with van der Waals surface area (Å²) in [6.45, 7) is 5.15. The summed E-state index contributed by atoms with van der Waals surface area (Å²) in [4.78, 5) is 3.71. The number of rotatable bonds is 5. The monoisotopic (exact) mass is 418 g/mol. The highest BCUT2D eigenvalue weighted by Gasteiger charge is 2.16. The van der Waals surface area contributed by atoms with Crippen molar-refractivity contribution >= 4 is 33.5 Å². The number of aromatic amines is 1. The van der Waals surface area contributed by atoms with Crippen LogP contribution in [0.2, 0.25) is 0 Å². The molecule has 0 aliphatic rings. The maximum absolute atomic E-state index is 5.69. The van der Waals surface area contributed by atoms with Crippen LogP contribution < -0.4 is 5.73 Å². The van der Waals surface area contributed by atoms with Crippen LogP contribution in [0.5, 0.6) is 0 Å². The molecule has 0 fully saturated rings. The van der Waals surface area contributed by atoms with E-state index in [1.807, 2.05) is 0 Å². The van der Waals surface area contributed by atoms with Crippen LogP contribution in [0.4, 0.5) is 0 Å². The molecular weight excluding hydrogens is 395 g/mol. The Labute approximate surface area is 151 Å². The summed E-state index contributed by atoms with van der Waals surface area (Å²) in [6.07, 6.45) is 3.28. The lowest BCUT2D eigenvalue weighted by Crippen LogP contribution is -1.99. The number of fused-ring (bicyclic) bond motifs is 1. The lowest BCUT2D eigenvalue weighted by molar-refractivity contribution is 0.748. The minimum Gasteiger partial charge on any atom is -0.354 e. The molecule has 0 saturated heterocycles. The maximum atomic E-state index is 5.69. The lowest BCUT2D eigenvalue weighted by atomic mass is 9.97. The molecule has 2 aromatic carbocycles. The normalized spacial score (nSPS) is 11.3. The van der Waals surface area contributed by atoms with Gasteiger partial charge in [0, 0.05) is 20.2 Å². The third-order valence-electron chi connectivity index (χ3n) is 4.47. The highest BCUT2D eigenvalue weighted by atomic mass is 127. The van der Waals surface area contributed by atoms with E-state index in [1.165, 1.54) is 42.4 Å². The summed E-state index contributed by atoms with van der Waals surface area (Å²) in [5.41, 5.74) is 13.6. The molecule has 0 bridgehead atoms. The molecule has 3 heteroatoms. The van der Waals surface area contributed by atoms with Crippen molar-refractivity contribution in [3.05, 3.63) is 56.7 Å². The summed E-state index contributed by atoms with van der Waals surface area (Å²) in [5, 5.41) is 1.40. The number of hydrogen-bond acceptors (Lipinski definition) is 1. The topological polar surface area (TPSA) is 41.8 Å². The van der Waals surface area contributed by atoms with Crippen molar-refractivity contribution < 1.29 is 0 Å². The predicted molar refractivity (Wildman–Crippen MR) is 108 cm³/mol. The summed E-state index contributed by atoms with van der Waals surface area (Å²) >= 11 is 2.38. The Hall–Kier alpha value is -1.33. The fourth-order valence-electron chi connectivity index (χ4n) is 3.27. The van der Waals surface area contributed by atoms with Crippen molar-refractivity contribution in [3.63, 3.8) is 0 Å². The summed E-state index contributed by atoms with van der Waals surface area (Å²) in [5.74, 6) is 0. The standard InChI is InChI=1S/C20H23IN2/c1-13-9-10-14(2)19-18(13)17(8-3-4-11-22)20(23-19)15-6-5-7-16(21)12-15/h5-7,9-10,12,23H,3-4,8,11,22H2,1-2H3. The van der Waals surface area contributed by atoms with Crippen molar-refractivity contribution in [3.8, 4) is 11.3 Å². The molecular formula is C20H23IN2. The van der Waals surface area contributed by atoms with Gasteiger partial charge in [-0.2, -0.15) is 0 Å². The minimum atomic E-state index is 0.763. The van der Waals surface area contributed by atoms with Gasteiger partial charge >= 0.3 is 0 Å². The summed E-state index contributed by atoms with van der Waals surface area (Å²) in [7, 11) is 0. The van der Waals surface area contributed by atoms with E-state index >= 15 is 0 Å². The fraction of sp³-hybridized carbons (Fsp3) is 0.300. The van der Waals surface area contributed by atoms with Crippen LogP contribution in [0.1, 0.15) is 29.5 Å². The van der Waals surface area contributed by atoms with Gasteiger partial charge in [-0.05, 0) is 96.6 Å². The van der Waals surface area contributed by atoms with Crippen molar-refractivity contribution in [2.24, 2.45) is 5.73 Å². The molecule has 2 nitrogen and oxygen atoms in total. The van der Waals surface area contributed by atoms with E-state index in [1.54, 1.807) is 0 Å². The van der Waals surface area contributed by atoms with Gasteiger partial charge in [-0.15, -0.1) is 0 Å². The van der Waals surface area contributed by atoms with E-state index < -0.39 is 0 Å². The van der Waals surface area contributed by atoms with E-state index in [2.05, 4.69) is 77.8 Å². The van der Waals surface area contributed by atoms with E-state index in [9.17, 15) is 0 Å². The number of aryl methyl sites for hydroxylation is 3. The smallest absolute Gasteiger partial charge is 0.0497 e. The second-order valence-electron chi connectivity index (χ2n) is 6.18.